The number of carbonyl (C=O) groups is 1. The minimum Gasteiger partial charge on any atom is -0.393 e. The predicted octanol–water partition coefficient (Wildman–Crippen LogP) is 1.62. The molecule has 2 rings (SSSR count). The van der Waals surface area contributed by atoms with Gasteiger partial charge in [0.25, 0.3) is 0 Å². The average Bonchev–Trinajstić information content (AvgIpc) is 2.78. The molecule has 5 nitrogen and oxygen atoms in total. The van der Waals surface area contributed by atoms with Crippen LogP contribution in [0.2, 0.25) is 0 Å². The maximum absolute atomic E-state index is 12.0. The molecule has 0 radical (unpaired) electrons. The smallest absolute Gasteiger partial charge is 0.323 e. The van der Waals surface area contributed by atoms with Gasteiger partial charge in [-0.25, -0.2) is 9.78 Å². The van der Waals surface area contributed by atoms with Gasteiger partial charge in [0.05, 0.1) is 6.10 Å². The fraction of sp³-hybridized carbons (Fsp3) is 0.538. The molecule has 1 fully saturated rings. The Morgan fingerprint density at radius 3 is 3.00 bits per heavy atom. The molecule has 98 valence electrons. The molecular formula is C13H19N3O2. The molecule has 1 aliphatic heterocycles. The van der Waals surface area contributed by atoms with Crippen molar-refractivity contribution in [1.29, 1.82) is 0 Å². The first-order valence-electron chi connectivity index (χ1n) is 6.24. The summed E-state index contributed by atoms with van der Waals surface area (Å²) in [5.41, 5.74) is 0.871. The summed E-state index contributed by atoms with van der Waals surface area (Å²) in [6.45, 7) is 4.95. The van der Waals surface area contributed by atoms with Crippen LogP contribution in [0, 0.1) is 12.8 Å². The van der Waals surface area contributed by atoms with Crippen molar-refractivity contribution in [3.63, 3.8) is 0 Å². The van der Waals surface area contributed by atoms with E-state index in [1.807, 2.05) is 19.1 Å². The topological polar surface area (TPSA) is 65.5 Å². The number of pyridine rings is 1. The number of amides is 2. The van der Waals surface area contributed by atoms with Crippen molar-refractivity contribution in [2.24, 2.45) is 5.92 Å². The normalized spacial score (nSPS) is 20.8. The van der Waals surface area contributed by atoms with Crippen LogP contribution < -0.4 is 5.32 Å². The number of aryl methyl sites for hydroxylation is 1. The fourth-order valence-electron chi connectivity index (χ4n) is 2.17. The van der Waals surface area contributed by atoms with Gasteiger partial charge in [-0.2, -0.15) is 0 Å². The third-order valence-electron chi connectivity index (χ3n) is 3.32. The van der Waals surface area contributed by atoms with E-state index in [0.717, 1.165) is 12.1 Å². The molecule has 2 atom stereocenters. The summed E-state index contributed by atoms with van der Waals surface area (Å²) in [7, 11) is 0. The molecule has 5 heteroatoms. The Labute approximate surface area is 107 Å². The number of nitrogens with zero attached hydrogens (tertiary/aromatic N) is 2. The molecule has 1 aromatic rings. The Morgan fingerprint density at radius 2 is 2.39 bits per heavy atom. The number of urea groups is 1. The van der Waals surface area contributed by atoms with Gasteiger partial charge in [0.2, 0.25) is 0 Å². The van der Waals surface area contributed by atoms with Crippen molar-refractivity contribution in [2.45, 2.75) is 26.4 Å². The number of hydrogen-bond acceptors (Lipinski definition) is 3. The van der Waals surface area contributed by atoms with E-state index < -0.39 is 0 Å². The van der Waals surface area contributed by atoms with Crippen LogP contribution in [0.4, 0.5) is 10.6 Å². The van der Waals surface area contributed by atoms with Crippen molar-refractivity contribution in [3.05, 3.63) is 23.9 Å². The van der Waals surface area contributed by atoms with Gasteiger partial charge < -0.3 is 10.0 Å². The summed E-state index contributed by atoms with van der Waals surface area (Å²) < 4.78 is 0. The highest BCUT2D eigenvalue weighted by atomic mass is 16.3. The molecule has 1 aliphatic rings. The van der Waals surface area contributed by atoms with Crippen molar-refractivity contribution in [1.82, 2.24) is 9.88 Å². The summed E-state index contributed by atoms with van der Waals surface area (Å²) in [5, 5.41) is 12.3. The van der Waals surface area contributed by atoms with Crippen molar-refractivity contribution in [2.75, 3.05) is 18.4 Å². The number of likely N-dealkylation sites (tertiary alicyclic amines) is 1. The summed E-state index contributed by atoms with van der Waals surface area (Å²) in [5.74, 6) is 0.752. The molecule has 2 N–H and O–H groups in total. The van der Waals surface area contributed by atoms with Crippen molar-refractivity contribution >= 4 is 11.8 Å². The van der Waals surface area contributed by atoms with Crippen LogP contribution in [-0.2, 0) is 0 Å². The van der Waals surface area contributed by atoms with Gasteiger partial charge in [0.1, 0.15) is 5.82 Å². The number of aliphatic hydroxyl groups excluding tert-OH is 1. The van der Waals surface area contributed by atoms with Gasteiger partial charge in [0.15, 0.2) is 0 Å². The molecule has 0 aromatic carbocycles. The number of rotatable bonds is 2. The van der Waals surface area contributed by atoms with Gasteiger partial charge in [-0.05, 0) is 32.4 Å². The number of aliphatic hydroxyl groups is 1. The number of nitrogens with one attached hydrogen (secondary N) is 1. The van der Waals surface area contributed by atoms with E-state index in [1.54, 1.807) is 17.9 Å². The lowest BCUT2D eigenvalue weighted by atomic mass is 10.0. The van der Waals surface area contributed by atoms with Crippen LogP contribution in [0.5, 0.6) is 0 Å². The van der Waals surface area contributed by atoms with Crippen molar-refractivity contribution in [3.8, 4) is 0 Å². The molecule has 0 unspecified atom stereocenters. The van der Waals surface area contributed by atoms with Gasteiger partial charge >= 0.3 is 6.03 Å². The lowest BCUT2D eigenvalue weighted by Gasteiger charge is -2.18. The first-order valence-corrected chi connectivity index (χ1v) is 6.24. The van der Waals surface area contributed by atoms with Crippen LogP contribution in [0.15, 0.2) is 18.2 Å². The zero-order valence-corrected chi connectivity index (χ0v) is 10.8. The Bertz CT molecular complexity index is 434. The second-order valence-electron chi connectivity index (χ2n) is 4.83. The molecule has 0 spiro atoms. The second kappa shape index (κ2) is 5.35. The van der Waals surface area contributed by atoms with Crippen LogP contribution in [-0.4, -0.2) is 40.2 Å². The summed E-state index contributed by atoms with van der Waals surface area (Å²) in [6.07, 6.45) is 0.492. The number of aromatic nitrogens is 1. The maximum atomic E-state index is 12.0. The molecular weight excluding hydrogens is 230 g/mol. The zero-order chi connectivity index (χ0) is 13.1. The third-order valence-corrected chi connectivity index (χ3v) is 3.32. The van der Waals surface area contributed by atoms with E-state index in [1.165, 1.54) is 0 Å². The Kier molecular flexibility index (Phi) is 3.81. The average molecular weight is 249 g/mol. The highest BCUT2D eigenvalue weighted by Crippen LogP contribution is 2.20. The number of anilines is 1. The van der Waals surface area contributed by atoms with E-state index in [9.17, 15) is 9.90 Å². The standard InChI is InChI=1S/C13H19N3O2/c1-9-4-3-5-12(14-9)15-13(18)16-7-6-11(8-16)10(2)17/h3-5,10-11,17H,6-8H2,1-2H3,(H,14,15,18)/t10-,11+/m0/s1. The van der Waals surface area contributed by atoms with E-state index in [-0.39, 0.29) is 18.1 Å². The molecule has 0 aliphatic carbocycles. The summed E-state index contributed by atoms with van der Waals surface area (Å²) in [6, 6.07) is 5.37. The molecule has 1 aromatic heterocycles. The lowest BCUT2D eigenvalue weighted by Crippen LogP contribution is -2.34. The van der Waals surface area contributed by atoms with E-state index >= 15 is 0 Å². The minimum atomic E-state index is -0.361. The first kappa shape index (κ1) is 12.8. The predicted molar refractivity (Wildman–Crippen MR) is 69.4 cm³/mol. The van der Waals surface area contributed by atoms with Gasteiger partial charge in [0, 0.05) is 24.7 Å². The zero-order valence-electron chi connectivity index (χ0n) is 10.8. The molecule has 2 heterocycles. The number of hydrogen-bond donors (Lipinski definition) is 2. The summed E-state index contributed by atoms with van der Waals surface area (Å²) in [4.78, 5) is 17.9. The van der Waals surface area contributed by atoms with Crippen molar-refractivity contribution < 1.29 is 9.90 Å². The third kappa shape index (κ3) is 2.98. The largest absolute Gasteiger partial charge is 0.393 e. The first-order chi connectivity index (χ1) is 8.56. The Morgan fingerprint density at radius 1 is 1.61 bits per heavy atom. The maximum Gasteiger partial charge on any atom is 0.323 e. The molecule has 18 heavy (non-hydrogen) atoms. The SMILES string of the molecule is Cc1cccc(NC(=O)N2CC[C@@H]([C@H](C)O)C2)n1. The lowest BCUT2D eigenvalue weighted by molar-refractivity contribution is 0.130. The number of carbonyl (C=O) groups excluding carboxylic acids is 1. The van der Waals surface area contributed by atoms with Gasteiger partial charge in [-0.1, -0.05) is 6.07 Å². The Balaban J connectivity index is 1.93. The highest BCUT2D eigenvalue weighted by molar-refractivity contribution is 5.88. The summed E-state index contributed by atoms with van der Waals surface area (Å²) >= 11 is 0. The van der Waals surface area contributed by atoms with Crippen LogP contribution in [0.3, 0.4) is 0 Å². The quantitative estimate of drug-likeness (QED) is 0.837. The van der Waals surface area contributed by atoms with Gasteiger partial charge in [-0.15, -0.1) is 0 Å². The van der Waals surface area contributed by atoms with E-state index in [0.29, 0.717) is 18.9 Å². The highest BCUT2D eigenvalue weighted by Gasteiger charge is 2.29. The van der Waals surface area contributed by atoms with Crippen LogP contribution in [0.1, 0.15) is 19.0 Å². The van der Waals surface area contributed by atoms with Crippen LogP contribution >= 0.6 is 0 Å². The van der Waals surface area contributed by atoms with Gasteiger partial charge in [-0.3, -0.25) is 5.32 Å². The van der Waals surface area contributed by atoms with E-state index in [2.05, 4.69) is 10.3 Å². The molecule has 2 amide bonds. The molecule has 0 bridgehead atoms. The fourth-order valence-corrected chi connectivity index (χ4v) is 2.17. The Hall–Kier alpha value is -1.62. The second-order valence-corrected chi connectivity index (χ2v) is 4.83. The minimum absolute atomic E-state index is 0.142. The van der Waals surface area contributed by atoms with Crippen LogP contribution in [0.25, 0.3) is 0 Å². The monoisotopic (exact) mass is 249 g/mol. The molecule has 1 saturated heterocycles. The molecule has 0 saturated carbocycles. The van der Waals surface area contributed by atoms with E-state index in [4.69, 9.17) is 0 Å².